The van der Waals surface area contributed by atoms with Gasteiger partial charge in [0.05, 0.1) is 11.2 Å². The molecule has 0 bridgehead atoms. The van der Waals surface area contributed by atoms with Gasteiger partial charge in [0.1, 0.15) is 5.69 Å². The summed E-state index contributed by atoms with van der Waals surface area (Å²) in [7, 11) is -1.70. The molecule has 1 saturated heterocycles. The van der Waals surface area contributed by atoms with Crippen LogP contribution in [0.4, 0.5) is 5.69 Å². The van der Waals surface area contributed by atoms with Crippen molar-refractivity contribution in [2.75, 3.05) is 31.1 Å². The lowest BCUT2D eigenvalue weighted by molar-refractivity contribution is 0.0988. The van der Waals surface area contributed by atoms with Crippen molar-refractivity contribution in [3.63, 3.8) is 0 Å². The molecule has 0 saturated carbocycles. The number of nitrogens with zero attached hydrogens (tertiary/aromatic N) is 4. The van der Waals surface area contributed by atoms with E-state index in [2.05, 4.69) is 9.88 Å². The Kier molecular flexibility index (Phi) is 5.93. The smallest absolute Gasteiger partial charge is 0.243 e. The SMILES string of the molecule is Cn1cnc(C(=O)Cc2ccc(N3CCN(S(=O)(=O)c4ccc5ccccc5c4)CC3)cc2)c1. The molecule has 0 amide bonds. The minimum atomic E-state index is -3.54. The molecule has 2 heterocycles. The van der Waals surface area contributed by atoms with Gasteiger partial charge < -0.3 is 9.47 Å². The topological polar surface area (TPSA) is 75.5 Å². The number of hydrogen-bond donors (Lipinski definition) is 0. The average Bonchev–Trinajstić information content (AvgIpc) is 3.31. The zero-order chi connectivity index (χ0) is 23.7. The summed E-state index contributed by atoms with van der Waals surface area (Å²) < 4.78 is 29.7. The molecule has 0 N–H and O–H groups in total. The molecule has 1 aliphatic heterocycles. The number of anilines is 1. The molecule has 1 fully saturated rings. The van der Waals surface area contributed by atoms with E-state index >= 15 is 0 Å². The first-order valence-corrected chi connectivity index (χ1v) is 12.7. The average molecular weight is 475 g/mol. The lowest BCUT2D eigenvalue weighted by Gasteiger charge is -2.35. The maximum atomic E-state index is 13.2. The molecule has 4 aromatic rings. The lowest BCUT2D eigenvalue weighted by atomic mass is 10.1. The first kappa shape index (κ1) is 22.3. The van der Waals surface area contributed by atoms with Gasteiger partial charge in [-0.1, -0.05) is 42.5 Å². The van der Waals surface area contributed by atoms with Gasteiger partial charge in [-0.05, 0) is 40.6 Å². The van der Waals surface area contributed by atoms with Crippen LogP contribution in [0.1, 0.15) is 16.1 Å². The number of carbonyl (C=O) groups excluding carboxylic acids is 1. The van der Waals surface area contributed by atoms with E-state index in [1.807, 2.05) is 61.6 Å². The third-order valence-corrected chi connectivity index (χ3v) is 8.15. The molecule has 0 unspecified atom stereocenters. The van der Waals surface area contributed by atoms with E-state index in [9.17, 15) is 13.2 Å². The second kappa shape index (κ2) is 9.04. The number of piperazine rings is 1. The van der Waals surface area contributed by atoms with Crippen LogP contribution in [0, 0.1) is 0 Å². The van der Waals surface area contributed by atoms with Crippen molar-refractivity contribution in [1.29, 1.82) is 0 Å². The monoisotopic (exact) mass is 474 g/mol. The zero-order valence-electron chi connectivity index (χ0n) is 19.0. The van der Waals surface area contributed by atoms with E-state index < -0.39 is 10.0 Å². The highest BCUT2D eigenvalue weighted by atomic mass is 32.2. The lowest BCUT2D eigenvalue weighted by Crippen LogP contribution is -2.48. The zero-order valence-corrected chi connectivity index (χ0v) is 19.8. The normalized spacial score (nSPS) is 15.0. The molecular formula is C26H26N4O3S. The number of imidazole rings is 1. The summed E-state index contributed by atoms with van der Waals surface area (Å²) in [5.41, 5.74) is 2.42. The number of aryl methyl sites for hydroxylation is 1. The molecular weight excluding hydrogens is 448 g/mol. The minimum absolute atomic E-state index is 0.0131. The van der Waals surface area contributed by atoms with Crippen LogP contribution in [0.5, 0.6) is 0 Å². The Morgan fingerprint density at radius 1 is 0.912 bits per heavy atom. The number of sulfonamides is 1. The summed E-state index contributed by atoms with van der Waals surface area (Å²) in [6.45, 7) is 2.07. The van der Waals surface area contributed by atoms with Crippen molar-refractivity contribution in [2.45, 2.75) is 11.3 Å². The summed E-state index contributed by atoms with van der Waals surface area (Å²) in [5.74, 6) is -0.0131. The molecule has 7 nitrogen and oxygen atoms in total. The standard InChI is InChI=1S/C26H26N4O3S/c1-28-18-25(27-19-28)26(31)16-20-6-9-23(10-7-20)29-12-14-30(15-13-29)34(32,33)24-11-8-21-4-2-3-5-22(21)17-24/h2-11,17-19H,12-16H2,1H3. The van der Waals surface area contributed by atoms with Crippen LogP contribution in [0.25, 0.3) is 10.8 Å². The second-order valence-electron chi connectivity index (χ2n) is 8.59. The van der Waals surface area contributed by atoms with Crippen molar-refractivity contribution in [3.8, 4) is 0 Å². The molecule has 8 heteroatoms. The second-order valence-corrected chi connectivity index (χ2v) is 10.5. The number of benzene rings is 3. The Morgan fingerprint density at radius 2 is 1.62 bits per heavy atom. The Labute approximate surface area is 199 Å². The van der Waals surface area contributed by atoms with Crippen molar-refractivity contribution >= 4 is 32.3 Å². The van der Waals surface area contributed by atoms with E-state index in [1.165, 1.54) is 0 Å². The van der Waals surface area contributed by atoms with Crippen LogP contribution in [-0.2, 0) is 23.5 Å². The maximum Gasteiger partial charge on any atom is 0.243 e. The van der Waals surface area contributed by atoms with Crippen molar-refractivity contribution in [1.82, 2.24) is 13.9 Å². The van der Waals surface area contributed by atoms with Gasteiger partial charge in [-0.15, -0.1) is 0 Å². The first-order chi connectivity index (χ1) is 16.4. The number of carbonyl (C=O) groups is 1. The highest BCUT2D eigenvalue weighted by Crippen LogP contribution is 2.24. The van der Waals surface area contributed by atoms with Crippen molar-refractivity contribution < 1.29 is 13.2 Å². The number of rotatable bonds is 6. The van der Waals surface area contributed by atoms with Gasteiger partial charge in [-0.2, -0.15) is 4.31 Å². The van der Waals surface area contributed by atoms with E-state index in [-0.39, 0.29) is 5.78 Å². The van der Waals surface area contributed by atoms with E-state index in [1.54, 1.807) is 33.5 Å². The van der Waals surface area contributed by atoms with E-state index in [0.717, 1.165) is 22.0 Å². The maximum absolute atomic E-state index is 13.2. The molecule has 5 rings (SSSR count). The minimum Gasteiger partial charge on any atom is -0.369 e. The first-order valence-electron chi connectivity index (χ1n) is 11.2. The number of fused-ring (bicyclic) bond motifs is 1. The van der Waals surface area contributed by atoms with Crippen LogP contribution in [-0.4, -0.2) is 54.2 Å². The fraction of sp³-hybridized carbons (Fsp3) is 0.231. The number of ketones is 1. The van der Waals surface area contributed by atoms with E-state index in [4.69, 9.17) is 0 Å². The molecule has 3 aromatic carbocycles. The molecule has 34 heavy (non-hydrogen) atoms. The summed E-state index contributed by atoms with van der Waals surface area (Å²) in [4.78, 5) is 19.0. The van der Waals surface area contributed by atoms with Crippen LogP contribution in [0.15, 0.2) is 84.1 Å². The fourth-order valence-corrected chi connectivity index (χ4v) is 5.78. The highest BCUT2D eigenvalue weighted by molar-refractivity contribution is 7.89. The summed E-state index contributed by atoms with van der Waals surface area (Å²) in [6, 6.07) is 21.0. The van der Waals surface area contributed by atoms with Gasteiger partial charge in [0.2, 0.25) is 10.0 Å². The van der Waals surface area contributed by atoms with Gasteiger partial charge in [-0.25, -0.2) is 13.4 Å². The predicted octanol–water partition coefficient (Wildman–Crippen LogP) is 3.51. The van der Waals surface area contributed by atoms with Crippen LogP contribution in [0.2, 0.25) is 0 Å². The molecule has 174 valence electrons. The van der Waals surface area contributed by atoms with Gasteiger partial charge >= 0.3 is 0 Å². The quantitative estimate of drug-likeness (QED) is 0.400. The summed E-state index contributed by atoms with van der Waals surface area (Å²) in [5, 5.41) is 1.94. The molecule has 1 aromatic heterocycles. The van der Waals surface area contributed by atoms with Crippen molar-refractivity contribution in [3.05, 3.63) is 90.5 Å². The third-order valence-electron chi connectivity index (χ3n) is 6.25. The molecule has 0 atom stereocenters. The van der Waals surface area contributed by atoms with Gasteiger partial charge in [0.15, 0.2) is 5.78 Å². The third kappa shape index (κ3) is 4.47. The van der Waals surface area contributed by atoms with Crippen molar-refractivity contribution in [2.24, 2.45) is 7.05 Å². The van der Waals surface area contributed by atoms with E-state index in [0.29, 0.717) is 43.2 Å². The molecule has 0 radical (unpaired) electrons. The molecule has 0 aliphatic carbocycles. The van der Waals surface area contributed by atoms with Gasteiger partial charge in [0, 0.05) is 51.5 Å². The van der Waals surface area contributed by atoms with Crippen LogP contribution >= 0.6 is 0 Å². The molecule has 0 spiro atoms. The number of hydrogen-bond acceptors (Lipinski definition) is 5. The summed E-state index contributed by atoms with van der Waals surface area (Å²) >= 11 is 0. The number of aromatic nitrogens is 2. The number of Topliss-reactive ketones (excluding diaryl/α,β-unsaturated/α-hetero) is 1. The van der Waals surface area contributed by atoms with Crippen LogP contribution in [0.3, 0.4) is 0 Å². The summed E-state index contributed by atoms with van der Waals surface area (Å²) in [6.07, 6.45) is 3.65. The Bertz CT molecular complexity index is 1440. The molecule has 1 aliphatic rings. The fourth-order valence-electron chi connectivity index (χ4n) is 4.32. The van der Waals surface area contributed by atoms with Gasteiger partial charge in [-0.3, -0.25) is 4.79 Å². The predicted molar refractivity (Wildman–Crippen MR) is 133 cm³/mol. The Hall–Kier alpha value is -3.49. The van der Waals surface area contributed by atoms with Crippen LogP contribution < -0.4 is 4.90 Å². The largest absolute Gasteiger partial charge is 0.369 e. The highest BCUT2D eigenvalue weighted by Gasteiger charge is 2.28. The Balaban J connectivity index is 1.22. The Morgan fingerprint density at radius 3 is 2.29 bits per heavy atom. The van der Waals surface area contributed by atoms with Gasteiger partial charge in [0.25, 0.3) is 0 Å².